The second-order valence-corrected chi connectivity index (χ2v) is 10.1. The van der Waals surface area contributed by atoms with Crippen molar-refractivity contribution < 1.29 is 9.50 Å². The van der Waals surface area contributed by atoms with Gasteiger partial charge in [-0.15, -0.1) is 11.3 Å². The van der Waals surface area contributed by atoms with Crippen LogP contribution in [-0.2, 0) is 25.9 Å². The molecule has 4 heterocycles. The Kier molecular flexibility index (Phi) is 5.22. The van der Waals surface area contributed by atoms with Crippen molar-refractivity contribution in [1.29, 1.82) is 0 Å². The summed E-state index contributed by atoms with van der Waals surface area (Å²) >= 11 is 1.66. The number of aromatic nitrogens is 6. The summed E-state index contributed by atoms with van der Waals surface area (Å²) in [6, 6.07) is 12.7. The molecule has 7 rings (SSSR count). The van der Waals surface area contributed by atoms with Crippen molar-refractivity contribution in [2.24, 2.45) is 0 Å². The molecular weight excluding hydrogens is 489 g/mol. The second-order valence-electron chi connectivity index (χ2n) is 9.12. The van der Waals surface area contributed by atoms with Gasteiger partial charge in [0.15, 0.2) is 0 Å². The van der Waals surface area contributed by atoms with Crippen molar-refractivity contribution in [3.05, 3.63) is 83.8 Å². The molecule has 6 aromatic rings. The first-order chi connectivity index (χ1) is 18.2. The average Bonchev–Trinajstić information content (AvgIpc) is 3.59. The van der Waals surface area contributed by atoms with E-state index in [9.17, 15) is 9.50 Å². The lowest BCUT2D eigenvalue weighted by Gasteiger charge is -2.12. The minimum absolute atomic E-state index is 0.0629. The summed E-state index contributed by atoms with van der Waals surface area (Å²) in [5, 5.41) is 24.0. The molecule has 0 radical (unpaired) electrons. The molecule has 0 spiro atoms. The molecule has 2 aromatic carbocycles. The van der Waals surface area contributed by atoms with E-state index in [-0.39, 0.29) is 12.4 Å². The molecule has 1 aliphatic carbocycles. The van der Waals surface area contributed by atoms with Crippen molar-refractivity contribution >= 4 is 44.0 Å². The number of fused-ring (bicyclic) bond motifs is 6. The van der Waals surface area contributed by atoms with E-state index in [0.717, 1.165) is 62.3 Å². The predicted molar refractivity (Wildman–Crippen MR) is 142 cm³/mol. The number of thiophene rings is 1. The summed E-state index contributed by atoms with van der Waals surface area (Å²) in [4.78, 5) is 11.3. The van der Waals surface area contributed by atoms with Gasteiger partial charge in [-0.1, -0.05) is 12.1 Å². The van der Waals surface area contributed by atoms with Crippen LogP contribution in [0.15, 0.2) is 61.2 Å². The number of aliphatic hydroxyl groups is 1. The summed E-state index contributed by atoms with van der Waals surface area (Å²) in [7, 11) is 0. The van der Waals surface area contributed by atoms with Crippen molar-refractivity contribution in [3.8, 4) is 10.4 Å². The first-order valence-corrected chi connectivity index (χ1v) is 12.9. The Bertz CT molecular complexity index is 1790. The molecule has 0 atom stereocenters. The highest BCUT2D eigenvalue weighted by molar-refractivity contribution is 7.22. The van der Waals surface area contributed by atoms with Crippen molar-refractivity contribution in [2.75, 3.05) is 11.9 Å². The SMILES string of the molecule is OCCn1cc2c(n1)CCc1c-2sc2ncnc(Nc3ccc4c(cnn4Cc4cccc(F)c4)c3)c12. The minimum atomic E-state index is -0.248. The zero-order chi connectivity index (χ0) is 24.9. The van der Waals surface area contributed by atoms with Crippen LogP contribution < -0.4 is 5.32 Å². The van der Waals surface area contributed by atoms with E-state index in [1.165, 1.54) is 22.6 Å². The monoisotopic (exact) mass is 511 g/mol. The maximum atomic E-state index is 13.6. The normalized spacial score (nSPS) is 12.7. The highest BCUT2D eigenvalue weighted by Gasteiger charge is 2.26. The molecule has 0 bridgehead atoms. The molecule has 8 nitrogen and oxygen atoms in total. The van der Waals surface area contributed by atoms with Crippen molar-refractivity contribution in [1.82, 2.24) is 29.5 Å². The third-order valence-corrected chi connectivity index (χ3v) is 7.91. The predicted octanol–water partition coefficient (Wildman–Crippen LogP) is 4.93. The maximum absolute atomic E-state index is 13.6. The third kappa shape index (κ3) is 3.85. The highest BCUT2D eigenvalue weighted by atomic mass is 32.1. The smallest absolute Gasteiger partial charge is 0.142 e. The molecule has 0 aliphatic heterocycles. The number of aliphatic hydroxyl groups excluding tert-OH is 1. The van der Waals surface area contributed by atoms with Gasteiger partial charge in [0, 0.05) is 27.7 Å². The maximum Gasteiger partial charge on any atom is 0.142 e. The largest absolute Gasteiger partial charge is 0.394 e. The number of aryl methyl sites for hydroxylation is 2. The molecule has 0 saturated heterocycles. The number of anilines is 2. The van der Waals surface area contributed by atoms with E-state index in [1.807, 2.05) is 46.0 Å². The number of hydrogen-bond donors (Lipinski definition) is 2. The molecule has 10 heteroatoms. The fourth-order valence-corrected chi connectivity index (χ4v) is 6.30. The lowest BCUT2D eigenvalue weighted by atomic mass is 9.95. The number of nitrogens with zero attached hydrogens (tertiary/aromatic N) is 6. The van der Waals surface area contributed by atoms with E-state index in [1.54, 1.807) is 23.7 Å². The summed E-state index contributed by atoms with van der Waals surface area (Å²) < 4.78 is 17.3. The van der Waals surface area contributed by atoms with Crippen LogP contribution in [0.3, 0.4) is 0 Å². The van der Waals surface area contributed by atoms with Gasteiger partial charge in [-0.05, 0) is 54.3 Å². The van der Waals surface area contributed by atoms with Gasteiger partial charge in [0.25, 0.3) is 0 Å². The Morgan fingerprint density at radius 3 is 2.95 bits per heavy atom. The summed E-state index contributed by atoms with van der Waals surface area (Å²) in [5.74, 6) is 0.530. The van der Waals surface area contributed by atoms with E-state index in [4.69, 9.17) is 0 Å². The Balaban J connectivity index is 1.22. The van der Waals surface area contributed by atoms with Gasteiger partial charge < -0.3 is 10.4 Å². The van der Waals surface area contributed by atoms with Crippen LogP contribution in [0.25, 0.3) is 31.6 Å². The molecule has 37 heavy (non-hydrogen) atoms. The van der Waals surface area contributed by atoms with Gasteiger partial charge in [-0.25, -0.2) is 14.4 Å². The quantitative estimate of drug-likeness (QED) is 0.330. The summed E-state index contributed by atoms with van der Waals surface area (Å²) in [5.41, 5.74) is 6.17. The van der Waals surface area contributed by atoms with Crippen LogP contribution in [0.4, 0.5) is 15.9 Å². The van der Waals surface area contributed by atoms with Crippen LogP contribution in [-0.4, -0.2) is 41.2 Å². The van der Waals surface area contributed by atoms with E-state index >= 15 is 0 Å². The molecule has 0 fully saturated rings. The number of benzene rings is 2. The molecule has 184 valence electrons. The average molecular weight is 512 g/mol. The Morgan fingerprint density at radius 1 is 1.11 bits per heavy atom. The number of nitrogens with one attached hydrogen (secondary N) is 1. The highest BCUT2D eigenvalue weighted by Crippen LogP contribution is 2.45. The topological polar surface area (TPSA) is 93.7 Å². The van der Waals surface area contributed by atoms with Crippen LogP contribution >= 0.6 is 11.3 Å². The van der Waals surface area contributed by atoms with Crippen molar-refractivity contribution in [3.63, 3.8) is 0 Å². The molecule has 4 aromatic heterocycles. The minimum Gasteiger partial charge on any atom is -0.394 e. The lowest BCUT2D eigenvalue weighted by molar-refractivity contribution is 0.269. The first kappa shape index (κ1) is 22.1. The fourth-order valence-electron chi connectivity index (χ4n) is 5.07. The van der Waals surface area contributed by atoms with Crippen LogP contribution in [0, 0.1) is 5.82 Å². The Morgan fingerprint density at radius 2 is 2.05 bits per heavy atom. The van der Waals surface area contributed by atoms with Crippen molar-refractivity contribution in [2.45, 2.75) is 25.9 Å². The molecule has 0 amide bonds. The summed E-state index contributed by atoms with van der Waals surface area (Å²) in [6.45, 7) is 1.05. The standard InChI is InChI=1S/C27H22FN7OS/c28-18-3-1-2-16(10-18)13-35-23-7-4-19(11-17(23)12-31-35)32-26-24-20-5-6-22-21(14-34(33-22)8-9-36)25(20)37-27(24)30-15-29-26/h1-4,7,10-12,14-15,36H,5-6,8-9,13H2,(H,29,30,32). The van der Waals surface area contributed by atoms with Gasteiger partial charge in [0.2, 0.25) is 0 Å². The first-order valence-electron chi connectivity index (χ1n) is 12.1. The van der Waals surface area contributed by atoms with Gasteiger partial charge in [0.1, 0.15) is 22.8 Å². The van der Waals surface area contributed by atoms with Gasteiger partial charge in [0.05, 0.1) is 42.5 Å². The molecular formula is C27H22FN7OS. The summed E-state index contributed by atoms with van der Waals surface area (Å²) in [6.07, 6.45) is 7.16. The zero-order valence-electron chi connectivity index (χ0n) is 19.7. The fraction of sp³-hybridized carbons (Fsp3) is 0.185. The molecule has 0 saturated carbocycles. The number of halogens is 1. The van der Waals surface area contributed by atoms with Crippen LogP contribution in [0.5, 0.6) is 0 Å². The van der Waals surface area contributed by atoms with Gasteiger partial charge in [-0.3, -0.25) is 9.36 Å². The third-order valence-electron chi connectivity index (χ3n) is 6.74. The van der Waals surface area contributed by atoms with Crippen LogP contribution in [0.1, 0.15) is 16.8 Å². The van der Waals surface area contributed by atoms with E-state index in [2.05, 4.69) is 25.5 Å². The molecule has 0 unspecified atom stereocenters. The molecule has 1 aliphatic rings. The van der Waals surface area contributed by atoms with Crippen LogP contribution in [0.2, 0.25) is 0 Å². The van der Waals surface area contributed by atoms with E-state index in [0.29, 0.717) is 13.1 Å². The second kappa shape index (κ2) is 8.75. The number of hydrogen-bond acceptors (Lipinski definition) is 7. The zero-order valence-corrected chi connectivity index (χ0v) is 20.5. The number of rotatable bonds is 6. The van der Waals surface area contributed by atoms with Gasteiger partial charge >= 0.3 is 0 Å². The van der Waals surface area contributed by atoms with Gasteiger partial charge in [-0.2, -0.15) is 10.2 Å². The molecule has 2 N–H and O–H groups in total. The Hall–Kier alpha value is -4.15. The van der Waals surface area contributed by atoms with E-state index < -0.39 is 0 Å². The Labute approximate surface area is 215 Å². The lowest BCUT2D eigenvalue weighted by Crippen LogP contribution is -2.04.